The molecule has 0 atom stereocenters. The summed E-state index contributed by atoms with van der Waals surface area (Å²) < 4.78 is 5.96. The lowest BCUT2D eigenvalue weighted by atomic mass is 10.1. The van der Waals surface area contributed by atoms with Crippen LogP contribution in [0.4, 0.5) is 22.2 Å². The van der Waals surface area contributed by atoms with Crippen LogP contribution >= 0.6 is 23.1 Å². The Bertz CT molecular complexity index is 1000. The number of nitrogens with one attached hydrogen (secondary N) is 2. The largest absolute Gasteiger partial charge is 0.497 e. The summed E-state index contributed by atoms with van der Waals surface area (Å²) in [6.45, 7) is 2.22. The molecule has 2 N–H and O–H groups in total. The number of aromatic nitrogens is 2. The number of nitrogens with zero attached hydrogens (tertiary/aromatic N) is 3. The van der Waals surface area contributed by atoms with Crippen LogP contribution in [0.15, 0.2) is 52.9 Å². The number of thioether (sulfide) groups is 1. The molecule has 1 amide bonds. The molecule has 0 bridgehead atoms. The van der Waals surface area contributed by atoms with Gasteiger partial charge in [0.05, 0.1) is 12.9 Å². The molecule has 1 aliphatic rings. The Balaban J connectivity index is 1.25. The van der Waals surface area contributed by atoms with Gasteiger partial charge in [-0.15, -0.1) is 10.2 Å². The van der Waals surface area contributed by atoms with Crippen LogP contribution in [0.25, 0.3) is 0 Å². The average Bonchev–Trinajstić information content (AvgIpc) is 3.26. The summed E-state index contributed by atoms with van der Waals surface area (Å²) in [7, 11) is 1.63. The van der Waals surface area contributed by atoms with Crippen molar-refractivity contribution in [3.05, 3.63) is 48.5 Å². The Morgan fingerprint density at radius 2 is 1.90 bits per heavy atom. The summed E-state index contributed by atoms with van der Waals surface area (Å²) in [6, 6.07) is 15.7. The Kier molecular flexibility index (Phi) is 7.26. The van der Waals surface area contributed by atoms with Gasteiger partial charge >= 0.3 is 0 Å². The molecule has 0 saturated carbocycles. The van der Waals surface area contributed by atoms with Crippen LogP contribution < -0.4 is 20.3 Å². The molecule has 9 heteroatoms. The van der Waals surface area contributed by atoms with E-state index < -0.39 is 0 Å². The summed E-state index contributed by atoms with van der Waals surface area (Å²) in [5, 5.41) is 15.1. The number of rotatable bonds is 8. The van der Waals surface area contributed by atoms with Crippen molar-refractivity contribution in [1.82, 2.24) is 10.2 Å². The van der Waals surface area contributed by atoms with Gasteiger partial charge in [-0.1, -0.05) is 29.2 Å². The molecule has 0 spiro atoms. The lowest BCUT2D eigenvalue weighted by Gasteiger charge is -2.28. The molecule has 2 aromatic carbocycles. The molecule has 1 aromatic heterocycles. The van der Waals surface area contributed by atoms with E-state index in [-0.39, 0.29) is 11.7 Å². The zero-order chi connectivity index (χ0) is 21.5. The number of ether oxygens (including phenoxy) is 1. The van der Waals surface area contributed by atoms with E-state index in [9.17, 15) is 4.79 Å². The van der Waals surface area contributed by atoms with Crippen LogP contribution in [-0.2, 0) is 4.79 Å². The first-order valence-corrected chi connectivity index (χ1v) is 12.0. The number of carbonyl (C=O) groups excluding carboxylic acids is 1. The van der Waals surface area contributed by atoms with Crippen LogP contribution in [0, 0.1) is 0 Å². The van der Waals surface area contributed by atoms with Crippen molar-refractivity contribution in [3.63, 3.8) is 0 Å². The molecule has 1 fully saturated rings. The Hall–Kier alpha value is -2.78. The standard InChI is InChI=1S/C22H25N5O2S2/c1-29-19-7-5-6-17(14-19)24-21-25-26-22(31-21)30-15-20(28)23-16-8-10-18(11-9-16)27-12-3-2-4-13-27/h5-11,14H,2-4,12-13,15H2,1H3,(H,23,28)(H,24,25). The van der Waals surface area contributed by atoms with Gasteiger partial charge in [0.15, 0.2) is 4.34 Å². The van der Waals surface area contributed by atoms with Gasteiger partial charge in [0.1, 0.15) is 5.75 Å². The molecule has 7 nitrogen and oxygen atoms in total. The third-order valence-electron chi connectivity index (χ3n) is 4.93. The van der Waals surface area contributed by atoms with Crippen LogP contribution in [-0.4, -0.2) is 42.1 Å². The molecular weight excluding hydrogens is 430 g/mol. The van der Waals surface area contributed by atoms with E-state index >= 15 is 0 Å². The average molecular weight is 456 g/mol. The number of amides is 1. The quantitative estimate of drug-likeness (QED) is 0.462. The SMILES string of the molecule is COc1cccc(Nc2nnc(SCC(=O)Nc3ccc(N4CCCCC4)cc3)s2)c1. The number of piperidine rings is 1. The second-order valence-electron chi connectivity index (χ2n) is 7.16. The zero-order valence-corrected chi connectivity index (χ0v) is 19.0. The summed E-state index contributed by atoms with van der Waals surface area (Å²) in [6.07, 6.45) is 3.81. The highest BCUT2D eigenvalue weighted by Gasteiger charge is 2.12. The minimum atomic E-state index is -0.0618. The predicted molar refractivity (Wildman–Crippen MR) is 128 cm³/mol. The van der Waals surface area contributed by atoms with Gasteiger partial charge in [-0.05, 0) is 55.7 Å². The van der Waals surface area contributed by atoms with E-state index in [1.54, 1.807) is 7.11 Å². The van der Waals surface area contributed by atoms with Gasteiger partial charge in [0, 0.05) is 36.2 Å². The summed E-state index contributed by atoms with van der Waals surface area (Å²) in [5.41, 5.74) is 2.90. The maximum atomic E-state index is 12.3. The van der Waals surface area contributed by atoms with Crippen LogP contribution in [0.3, 0.4) is 0 Å². The fourth-order valence-electron chi connectivity index (χ4n) is 3.37. The summed E-state index contributed by atoms with van der Waals surface area (Å²) in [5.74, 6) is 0.986. The Labute approximate surface area is 190 Å². The molecule has 3 aromatic rings. The third kappa shape index (κ3) is 6.11. The normalized spacial score (nSPS) is 13.6. The molecule has 2 heterocycles. The van der Waals surface area contributed by atoms with Crippen molar-refractivity contribution in [2.45, 2.75) is 23.6 Å². The number of methoxy groups -OCH3 is 1. The van der Waals surface area contributed by atoms with Crippen molar-refractivity contribution in [3.8, 4) is 5.75 Å². The third-order valence-corrected chi connectivity index (χ3v) is 6.90. The maximum Gasteiger partial charge on any atom is 0.234 e. The molecular formula is C22H25N5O2S2. The molecule has 1 aliphatic heterocycles. The van der Waals surface area contributed by atoms with Gasteiger partial charge in [-0.25, -0.2) is 0 Å². The first kappa shape index (κ1) is 21.5. The van der Waals surface area contributed by atoms with E-state index in [2.05, 4.69) is 37.9 Å². The van der Waals surface area contributed by atoms with Crippen molar-refractivity contribution < 1.29 is 9.53 Å². The number of carbonyl (C=O) groups is 1. The summed E-state index contributed by atoms with van der Waals surface area (Å²) >= 11 is 2.78. The van der Waals surface area contributed by atoms with Gasteiger partial charge in [0.25, 0.3) is 0 Å². The number of hydrogen-bond donors (Lipinski definition) is 2. The lowest BCUT2D eigenvalue weighted by molar-refractivity contribution is -0.113. The second kappa shape index (κ2) is 10.5. The van der Waals surface area contributed by atoms with E-state index in [4.69, 9.17) is 4.74 Å². The molecule has 4 rings (SSSR count). The van der Waals surface area contributed by atoms with E-state index in [0.29, 0.717) is 5.13 Å². The molecule has 0 unspecified atom stereocenters. The Morgan fingerprint density at radius 1 is 1.10 bits per heavy atom. The molecule has 0 aliphatic carbocycles. The fraction of sp³-hybridized carbons (Fsp3) is 0.318. The fourth-order valence-corrected chi connectivity index (χ4v) is 4.95. The van der Waals surface area contributed by atoms with Crippen LogP contribution in [0.1, 0.15) is 19.3 Å². The number of benzene rings is 2. The van der Waals surface area contributed by atoms with Crippen LogP contribution in [0.5, 0.6) is 5.75 Å². The minimum Gasteiger partial charge on any atom is -0.497 e. The number of anilines is 4. The summed E-state index contributed by atoms with van der Waals surface area (Å²) in [4.78, 5) is 14.7. The molecule has 0 radical (unpaired) electrons. The van der Waals surface area contributed by atoms with Crippen molar-refractivity contribution in [1.29, 1.82) is 0 Å². The Morgan fingerprint density at radius 3 is 2.68 bits per heavy atom. The van der Waals surface area contributed by atoms with E-state index in [1.807, 2.05) is 36.4 Å². The molecule has 31 heavy (non-hydrogen) atoms. The highest BCUT2D eigenvalue weighted by atomic mass is 32.2. The van der Waals surface area contributed by atoms with Gasteiger partial charge in [-0.3, -0.25) is 4.79 Å². The van der Waals surface area contributed by atoms with Crippen molar-refractivity contribution in [2.24, 2.45) is 0 Å². The van der Waals surface area contributed by atoms with Gasteiger partial charge in [0.2, 0.25) is 11.0 Å². The van der Waals surface area contributed by atoms with Gasteiger partial charge in [-0.2, -0.15) is 0 Å². The highest BCUT2D eigenvalue weighted by Crippen LogP contribution is 2.29. The number of hydrogen-bond acceptors (Lipinski definition) is 8. The maximum absolute atomic E-state index is 12.3. The zero-order valence-electron chi connectivity index (χ0n) is 17.3. The van der Waals surface area contributed by atoms with Crippen molar-refractivity contribution in [2.75, 3.05) is 41.5 Å². The predicted octanol–water partition coefficient (Wildman–Crippen LogP) is 5.01. The minimum absolute atomic E-state index is 0.0618. The topological polar surface area (TPSA) is 79.4 Å². The van der Waals surface area contributed by atoms with E-state index in [1.165, 1.54) is 48.0 Å². The molecule has 162 valence electrons. The smallest absolute Gasteiger partial charge is 0.234 e. The monoisotopic (exact) mass is 455 g/mol. The second-order valence-corrected chi connectivity index (χ2v) is 9.36. The van der Waals surface area contributed by atoms with Crippen LogP contribution in [0.2, 0.25) is 0 Å². The van der Waals surface area contributed by atoms with E-state index in [0.717, 1.165) is 34.6 Å². The first-order valence-electron chi connectivity index (χ1n) is 10.2. The lowest BCUT2D eigenvalue weighted by Crippen LogP contribution is -2.29. The molecule has 1 saturated heterocycles. The highest BCUT2D eigenvalue weighted by molar-refractivity contribution is 8.01. The first-order chi connectivity index (χ1) is 15.2. The van der Waals surface area contributed by atoms with Gasteiger partial charge < -0.3 is 20.3 Å². The van der Waals surface area contributed by atoms with Crippen molar-refractivity contribution >= 4 is 51.2 Å².